The second-order valence-corrected chi connectivity index (χ2v) is 4.99. The number of hydrogen-bond acceptors (Lipinski definition) is 3. The molecule has 13 heavy (non-hydrogen) atoms. The van der Waals surface area contributed by atoms with Gasteiger partial charge in [-0.15, -0.1) is 11.3 Å². The number of hydrogen-bond donors (Lipinski definition) is 2. The standard InChI is InChI=1S/C8H10BrNO2S/c1-5(11)3-10-8(12)6-2-7(9)13-4-6/h2,4-5,11H,3H2,1H3,(H,10,12)/t5-/m1/s1. The SMILES string of the molecule is C[C@@H](O)CNC(=O)c1csc(Br)c1. The number of carbonyl (C=O) groups excluding carboxylic acids is 1. The molecular formula is C8H10BrNO2S. The quantitative estimate of drug-likeness (QED) is 0.871. The Morgan fingerprint density at radius 2 is 2.54 bits per heavy atom. The van der Waals surface area contributed by atoms with E-state index in [-0.39, 0.29) is 12.5 Å². The van der Waals surface area contributed by atoms with E-state index in [4.69, 9.17) is 5.11 Å². The summed E-state index contributed by atoms with van der Waals surface area (Å²) in [7, 11) is 0. The maximum Gasteiger partial charge on any atom is 0.252 e. The van der Waals surface area contributed by atoms with Gasteiger partial charge in [0.25, 0.3) is 5.91 Å². The number of aliphatic hydroxyl groups is 1. The highest BCUT2D eigenvalue weighted by atomic mass is 79.9. The van der Waals surface area contributed by atoms with E-state index in [1.165, 1.54) is 11.3 Å². The van der Waals surface area contributed by atoms with Crippen LogP contribution in [0.15, 0.2) is 15.2 Å². The third-order valence-electron chi connectivity index (χ3n) is 1.39. The smallest absolute Gasteiger partial charge is 0.252 e. The fourth-order valence-electron chi connectivity index (χ4n) is 0.772. The van der Waals surface area contributed by atoms with Crippen LogP contribution in [0.25, 0.3) is 0 Å². The lowest BCUT2D eigenvalue weighted by Gasteiger charge is -2.04. The Balaban J connectivity index is 2.49. The molecule has 1 aromatic rings. The summed E-state index contributed by atoms with van der Waals surface area (Å²) in [6.07, 6.45) is -0.508. The molecule has 0 aliphatic carbocycles. The molecule has 3 nitrogen and oxygen atoms in total. The second kappa shape index (κ2) is 4.74. The van der Waals surface area contributed by atoms with Gasteiger partial charge in [0.2, 0.25) is 0 Å². The summed E-state index contributed by atoms with van der Waals surface area (Å²) >= 11 is 4.73. The van der Waals surface area contributed by atoms with E-state index in [0.29, 0.717) is 5.56 Å². The lowest BCUT2D eigenvalue weighted by molar-refractivity contribution is 0.0924. The van der Waals surface area contributed by atoms with E-state index in [1.54, 1.807) is 18.4 Å². The van der Waals surface area contributed by atoms with Crippen molar-refractivity contribution < 1.29 is 9.90 Å². The molecule has 0 bridgehead atoms. The Morgan fingerprint density at radius 3 is 3.00 bits per heavy atom. The van der Waals surface area contributed by atoms with E-state index in [0.717, 1.165) is 3.79 Å². The number of nitrogens with one attached hydrogen (secondary N) is 1. The Kier molecular flexibility index (Phi) is 3.90. The van der Waals surface area contributed by atoms with Gasteiger partial charge in [0.15, 0.2) is 0 Å². The minimum atomic E-state index is -0.508. The molecule has 0 unspecified atom stereocenters. The van der Waals surface area contributed by atoms with E-state index >= 15 is 0 Å². The molecule has 5 heteroatoms. The van der Waals surface area contributed by atoms with Crippen molar-refractivity contribution in [1.29, 1.82) is 0 Å². The van der Waals surface area contributed by atoms with Gasteiger partial charge in [-0.3, -0.25) is 4.79 Å². The summed E-state index contributed by atoms with van der Waals surface area (Å²) in [6, 6.07) is 1.75. The predicted octanol–water partition coefficient (Wildman–Crippen LogP) is 1.62. The third-order valence-corrected chi connectivity index (χ3v) is 2.89. The zero-order valence-electron chi connectivity index (χ0n) is 7.08. The molecule has 0 saturated carbocycles. The Bertz CT molecular complexity index is 298. The van der Waals surface area contributed by atoms with Crippen LogP contribution >= 0.6 is 27.3 Å². The van der Waals surface area contributed by atoms with E-state index in [9.17, 15) is 4.79 Å². The van der Waals surface area contributed by atoms with Crippen molar-refractivity contribution in [3.8, 4) is 0 Å². The van der Waals surface area contributed by atoms with Gasteiger partial charge in [-0.1, -0.05) is 0 Å². The third kappa shape index (κ3) is 3.46. The molecule has 2 N–H and O–H groups in total. The van der Waals surface area contributed by atoms with Gasteiger partial charge in [-0.05, 0) is 28.9 Å². The van der Waals surface area contributed by atoms with Gasteiger partial charge >= 0.3 is 0 Å². The normalized spacial score (nSPS) is 12.5. The summed E-state index contributed by atoms with van der Waals surface area (Å²) in [5.74, 6) is -0.150. The van der Waals surface area contributed by atoms with Gasteiger partial charge in [-0.2, -0.15) is 0 Å². The molecule has 1 rings (SSSR count). The summed E-state index contributed by atoms with van der Waals surface area (Å²) in [5.41, 5.74) is 0.623. The molecule has 0 saturated heterocycles. The highest BCUT2D eigenvalue weighted by molar-refractivity contribution is 9.11. The predicted molar refractivity (Wildman–Crippen MR) is 56.0 cm³/mol. The van der Waals surface area contributed by atoms with Crippen LogP contribution in [-0.2, 0) is 0 Å². The minimum absolute atomic E-state index is 0.150. The van der Waals surface area contributed by atoms with Crippen molar-refractivity contribution in [2.24, 2.45) is 0 Å². The highest BCUT2D eigenvalue weighted by Gasteiger charge is 2.07. The first-order chi connectivity index (χ1) is 6.09. The van der Waals surface area contributed by atoms with Crippen LogP contribution < -0.4 is 5.32 Å². The summed E-state index contributed by atoms with van der Waals surface area (Å²) in [6.45, 7) is 1.91. The van der Waals surface area contributed by atoms with Crippen molar-refractivity contribution in [3.05, 3.63) is 20.8 Å². The lowest BCUT2D eigenvalue weighted by atomic mass is 10.3. The molecular weight excluding hydrogens is 254 g/mol. The molecule has 0 aromatic carbocycles. The molecule has 1 aromatic heterocycles. The number of carbonyl (C=O) groups is 1. The summed E-state index contributed by atoms with van der Waals surface area (Å²) in [4.78, 5) is 11.3. The second-order valence-electron chi connectivity index (χ2n) is 2.70. The van der Waals surface area contributed by atoms with Crippen LogP contribution in [-0.4, -0.2) is 23.7 Å². The number of halogens is 1. The average Bonchev–Trinajstić information content (AvgIpc) is 2.47. The monoisotopic (exact) mass is 263 g/mol. The zero-order valence-corrected chi connectivity index (χ0v) is 9.48. The van der Waals surface area contributed by atoms with Crippen molar-refractivity contribution in [3.63, 3.8) is 0 Å². The van der Waals surface area contributed by atoms with E-state index in [1.807, 2.05) is 0 Å². The van der Waals surface area contributed by atoms with Gasteiger partial charge in [0, 0.05) is 11.9 Å². The van der Waals surface area contributed by atoms with Crippen LogP contribution in [0.1, 0.15) is 17.3 Å². The zero-order chi connectivity index (χ0) is 9.84. The number of thiophene rings is 1. The highest BCUT2D eigenvalue weighted by Crippen LogP contribution is 2.20. The maximum absolute atomic E-state index is 11.3. The summed E-state index contributed by atoms with van der Waals surface area (Å²) in [5, 5.41) is 13.3. The van der Waals surface area contributed by atoms with E-state index < -0.39 is 6.10 Å². The van der Waals surface area contributed by atoms with Crippen LogP contribution in [0.5, 0.6) is 0 Å². The minimum Gasteiger partial charge on any atom is -0.392 e. The average molecular weight is 264 g/mol. The molecule has 0 radical (unpaired) electrons. The molecule has 0 spiro atoms. The fourth-order valence-corrected chi connectivity index (χ4v) is 1.91. The molecule has 1 amide bonds. The Morgan fingerprint density at radius 1 is 1.85 bits per heavy atom. The Labute approximate surface area is 88.9 Å². The first-order valence-electron chi connectivity index (χ1n) is 3.80. The van der Waals surface area contributed by atoms with Crippen molar-refractivity contribution in [2.45, 2.75) is 13.0 Å². The number of aliphatic hydroxyl groups excluding tert-OH is 1. The van der Waals surface area contributed by atoms with Crippen molar-refractivity contribution in [1.82, 2.24) is 5.32 Å². The van der Waals surface area contributed by atoms with E-state index in [2.05, 4.69) is 21.2 Å². The first kappa shape index (κ1) is 10.7. The fraction of sp³-hybridized carbons (Fsp3) is 0.375. The van der Waals surface area contributed by atoms with Crippen LogP contribution in [0.2, 0.25) is 0 Å². The topological polar surface area (TPSA) is 49.3 Å². The van der Waals surface area contributed by atoms with Gasteiger partial charge in [-0.25, -0.2) is 0 Å². The van der Waals surface area contributed by atoms with Crippen LogP contribution in [0.4, 0.5) is 0 Å². The first-order valence-corrected chi connectivity index (χ1v) is 5.47. The molecule has 0 aliphatic rings. The van der Waals surface area contributed by atoms with Gasteiger partial charge < -0.3 is 10.4 Å². The largest absolute Gasteiger partial charge is 0.392 e. The van der Waals surface area contributed by atoms with Gasteiger partial charge in [0.05, 0.1) is 15.5 Å². The van der Waals surface area contributed by atoms with Crippen LogP contribution in [0.3, 0.4) is 0 Å². The van der Waals surface area contributed by atoms with Crippen LogP contribution in [0, 0.1) is 0 Å². The Hall–Kier alpha value is -0.390. The molecule has 0 fully saturated rings. The maximum atomic E-state index is 11.3. The molecule has 1 heterocycles. The molecule has 1 atom stereocenters. The number of rotatable bonds is 3. The molecule has 72 valence electrons. The summed E-state index contributed by atoms with van der Waals surface area (Å²) < 4.78 is 0.926. The number of amides is 1. The van der Waals surface area contributed by atoms with Gasteiger partial charge in [0.1, 0.15) is 0 Å². The van der Waals surface area contributed by atoms with Crippen molar-refractivity contribution in [2.75, 3.05) is 6.54 Å². The van der Waals surface area contributed by atoms with Crippen molar-refractivity contribution >= 4 is 33.2 Å². The lowest BCUT2D eigenvalue weighted by Crippen LogP contribution is -2.30. The molecule has 0 aliphatic heterocycles.